The van der Waals surface area contributed by atoms with Gasteiger partial charge in [0, 0.05) is 36.0 Å². The predicted octanol–water partition coefficient (Wildman–Crippen LogP) is 3.17. The van der Waals surface area contributed by atoms with Crippen LogP contribution in [0.15, 0.2) is 36.4 Å². The zero-order valence-corrected chi connectivity index (χ0v) is 14.6. The number of carbonyl (C=O) groups is 1. The molecule has 140 valence electrons. The number of non-ortho nitro benzene ring substituents is 1. The van der Waals surface area contributed by atoms with Gasteiger partial charge in [0.1, 0.15) is 5.75 Å². The van der Waals surface area contributed by atoms with Gasteiger partial charge >= 0.3 is 0 Å². The lowest BCUT2D eigenvalue weighted by Crippen LogP contribution is -2.38. The molecule has 3 rings (SSSR count). The Balaban J connectivity index is 1.72. The number of nitro benzene ring substituents is 2. The zero-order chi connectivity index (χ0) is 19.6. The molecular weight excluding hydrogens is 354 g/mol. The van der Waals surface area contributed by atoms with Crippen LogP contribution in [0.3, 0.4) is 0 Å². The Kier molecular flexibility index (Phi) is 5.02. The molecule has 9 nitrogen and oxygen atoms in total. The molecule has 0 atom stereocenters. The minimum atomic E-state index is -0.478. The Bertz CT molecular complexity index is 927. The van der Waals surface area contributed by atoms with E-state index in [0.717, 1.165) is 5.56 Å². The largest absolute Gasteiger partial charge is 0.484 e. The van der Waals surface area contributed by atoms with E-state index in [1.165, 1.54) is 30.3 Å². The van der Waals surface area contributed by atoms with Crippen molar-refractivity contribution >= 4 is 23.0 Å². The zero-order valence-electron chi connectivity index (χ0n) is 14.6. The summed E-state index contributed by atoms with van der Waals surface area (Å²) in [6.45, 7) is 1.88. The first-order valence-corrected chi connectivity index (χ1v) is 8.32. The Morgan fingerprint density at radius 2 is 1.93 bits per heavy atom. The second-order valence-corrected chi connectivity index (χ2v) is 6.21. The highest BCUT2D eigenvalue weighted by Gasteiger charge is 2.24. The molecule has 0 aromatic heterocycles. The van der Waals surface area contributed by atoms with Crippen molar-refractivity contribution in [3.05, 3.63) is 67.8 Å². The molecule has 2 aromatic rings. The fraction of sp³-hybridized carbons (Fsp3) is 0.278. The summed E-state index contributed by atoms with van der Waals surface area (Å²) in [7, 11) is 0. The van der Waals surface area contributed by atoms with Crippen LogP contribution in [-0.4, -0.2) is 28.9 Å². The average Bonchev–Trinajstić information content (AvgIpc) is 2.64. The van der Waals surface area contributed by atoms with Crippen LogP contribution in [-0.2, 0) is 11.2 Å². The number of hydrogen-bond acceptors (Lipinski definition) is 6. The monoisotopic (exact) mass is 371 g/mol. The van der Waals surface area contributed by atoms with Crippen molar-refractivity contribution in [2.24, 2.45) is 0 Å². The van der Waals surface area contributed by atoms with Crippen molar-refractivity contribution < 1.29 is 19.4 Å². The maximum atomic E-state index is 12.6. The Hall–Kier alpha value is -3.49. The van der Waals surface area contributed by atoms with Crippen LogP contribution in [0.4, 0.5) is 17.1 Å². The third-order valence-corrected chi connectivity index (χ3v) is 4.42. The number of amides is 1. The van der Waals surface area contributed by atoms with Crippen LogP contribution in [0.5, 0.6) is 5.75 Å². The molecule has 1 aliphatic heterocycles. The summed E-state index contributed by atoms with van der Waals surface area (Å²) in [5.41, 5.74) is 1.84. The smallest absolute Gasteiger partial charge is 0.272 e. The number of rotatable bonds is 5. The van der Waals surface area contributed by atoms with E-state index >= 15 is 0 Å². The minimum absolute atomic E-state index is 0.000606. The normalized spacial score (nSPS) is 13.0. The highest BCUT2D eigenvalue weighted by atomic mass is 16.6. The van der Waals surface area contributed by atoms with Crippen molar-refractivity contribution in [3.8, 4) is 5.75 Å². The molecule has 0 saturated carbocycles. The molecule has 27 heavy (non-hydrogen) atoms. The predicted molar refractivity (Wildman–Crippen MR) is 97.1 cm³/mol. The minimum Gasteiger partial charge on any atom is -0.484 e. The van der Waals surface area contributed by atoms with Gasteiger partial charge in [0.15, 0.2) is 6.61 Å². The second-order valence-electron chi connectivity index (χ2n) is 6.21. The molecule has 2 aromatic carbocycles. The van der Waals surface area contributed by atoms with Gasteiger partial charge in [-0.15, -0.1) is 0 Å². The topological polar surface area (TPSA) is 116 Å². The number of fused-ring (bicyclic) bond motifs is 1. The molecular formula is C18H17N3O6. The maximum absolute atomic E-state index is 12.6. The molecule has 0 aliphatic carbocycles. The number of hydrogen-bond donors (Lipinski definition) is 0. The van der Waals surface area contributed by atoms with E-state index in [1.807, 2.05) is 0 Å². The maximum Gasteiger partial charge on any atom is 0.272 e. The SMILES string of the molecule is Cc1cc(OCC(=O)N2CCCc3cc([N+](=O)[O-])ccc32)ccc1[N+](=O)[O-]. The van der Waals surface area contributed by atoms with Crippen LogP contribution in [0, 0.1) is 27.2 Å². The van der Waals surface area contributed by atoms with Crippen molar-refractivity contribution in [2.75, 3.05) is 18.1 Å². The van der Waals surface area contributed by atoms with Crippen LogP contribution in [0.25, 0.3) is 0 Å². The van der Waals surface area contributed by atoms with E-state index in [1.54, 1.807) is 17.9 Å². The summed E-state index contributed by atoms with van der Waals surface area (Å²) >= 11 is 0. The average molecular weight is 371 g/mol. The van der Waals surface area contributed by atoms with Gasteiger partial charge < -0.3 is 9.64 Å². The van der Waals surface area contributed by atoms with Crippen LogP contribution in [0.1, 0.15) is 17.5 Å². The lowest BCUT2D eigenvalue weighted by molar-refractivity contribution is -0.385. The molecule has 1 aliphatic rings. The van der Waals surface area contributed by atoms with E-state index in [4.69, 9.17) is 4.74 Å². The molecule has 1 heterocycles. The first kappa shape index (κ1) is 18.3. The molecule has 0 N–H and O–H groups in total. The second kappa shape index (κ2) is 7.40. The summed E-state index contributed by atoms with van der Waals surface area (Å²) in [5, 5.41) is 21.8. The van der Waals surface area contributed by atoms with Crippen molar-refractivity contribution in [1.82, 2.24) is 0 Å². The third kappa shape index (κ3) is 3.86. The molecule has 9 heteroatoms. The number of nitrogens with zero attached hydrogens (tertiary/aromatic N) is 3. The number of ether oxygens (including phenoxy) is 1. The van der Waals surface area contributed by atoms with Crippen molar-refractivity contribution in [3.63, 3.8) is 0 Å². The van der Waals surface area contributed by atoms with Gasteiger partial charge in [-0.1, -0.05) is 0 Å². The number of carbonyl (C=O) groups excluding carboxylic acids is 1. The molecule has 0 bridgehead atoms. The summed E-state index contributed by atoms with van der Waals surface area (Å²) in [5.74, 6) is 0.0909. The number of nitro groups is 2. The van der Waals surface area contributed by atoms with Gasteiger partial charge in [0.2, 0.25) is 0 Å². The van der Waals surface area contributed by atoms with Gasteiger partial charge in [-0.25, -0.2) is 0 Å². The molecule has 0 spiro atoms. The molecule has 0 unspecified atom stereocenters. The summed E-state index contributed by atoms with van der Waals surface area (Å²) < 4.78 is 5.49. The quantitative estimate of drug-likeness (QED) is 0.589. The standard InChI is InChI=1S/C18H17N3O6/c1-12-9-15(5-7-16(12)21(25)26)27-11-18(22)19-8-2-3-13-10-14(20(23)24)4-6-17(13)19/h4-7,9-10H,2-3,8,11H2,1H3. The van der Waals surface area contributed by atoms with Crippen LogP contribution < -0.4 is 9.64 Å². The van der Waals surface area contributed by atoms with Crippen molar-refractivity contribution in [1.29, 1.82) is 0 Å². The van der Waals surface area contributed by atoms with Crippen LogP contribution in [0.2, 0.25) is 0 Å². The summed E-state index contributed by atoms with van der Waals surface area (Å²) in [4.78, 5) is 35.0. The number of benzene rings is 2. The van der Waals surface area contributed by atoms with E-state index in [0.29, 0.717) is 36.4 Å². The lowest BCUT2D eigenvalue weighted by atomic mass is 10.0. The Morgan fingerprint density at radius 1 is 1.15 bits per heavy atom. The highest BCUT2D eigenvalue weighted by molar-refractivity contribution is 5.95. The molecule has 1 amide bonds. The van der Waals surface area contributed by atoms with Gasteiger partial charge in [-0.05, 0) is 43.5 Å². The highest BCUT2D eigenvalue weighted by Crippen LogP contribution is 2.30. The molecule has 0 saturated heterocycles. The Morgan fingerprint density at radius 3 is 2.59 bits per heavy atom. The van der Waals surface area contributed by atoms with E-state index in [-0.39, 0.29) is 23.9 Å². The fourth-order valence-corrected chi connectivity index (χ4v) is 3.10. The van der Waals surface area contributed by atoms with E-state index < -0.39 is 9.85 Å². The van der Waals surface area contributed by atoms with Gasteiger partial charge in [-0.3, -0.25) is 25.0 Å². The molecule has 0 radical (unpaired) electrons. The first-order chi connectivity index (χ1) is 12.9. The van der Waals surface area contributed by atoms with Gasteiger partial charge in [-0.2, -0.15) is 0 Å². The third-order valence-electron chi connectivity index (χ3n) is 4.42. The lowest BCUT2D eigenvalue weighted by Gasteiger charge is -2.29. The Labute approximate surface area is 154 Å². The van der Waals surface area contributed by atoms with Crippen LogP contribution >= 0.6 is 0 Å². The van der Waals surface area contributed by atoms with E-state index in [2.05, 4.69) is 0 Å². The van der Waals surface area contributed by atoms with Gasteiger partial charge in [0.25, 0.3) is 17.3 Å². The van der Waals surface area contributed by atoms with E-state index in [9.17, 15) is 25.0 Å². The van der Waals surface area contributed by atoms with Crippen molar-refractivity contribution in [2.45, 2.75) is 19.8 Å². The number of anilines is 1. The summed E-state index contributed by atoms with van der Waals surface area (Å²) in [6.07, 6.45) is 1.37. The fourth-order valence-electron chi connectivity index (χ4n) is 3.10. The first-order valence-electron chi connectivity index (χ1n) is 8.32. The molecule has 0 fully saturated rings. The summed E-state index contributed by atoms with van der Waals surface area (Å²) in [6, 6.07) is 8.76. The number of aryl methyl sites for hydroxylation is 2. The van der Waals surface area contributed by atoms with Gasteiger partial charge in [0.05, 0.1) is 9.85 Å².